The van der Waals surface area contributed by atoms with E-state index in [1.165, 1.54) is 18.2 Å². The molecule has 0 unspecified atom stereocenters. The molecule has 0 aliphatic heterocycles. The van der Waals surface area contributed by atoms with Crippen LogP contribution in [0.15, 0.2) is 44.9 Å². The fourth-order valence-electron chi connectivity index (χ4n) is 2.44. The van der Waals surface area contributed by atoms with Crippen molar-refractivity contribution in [3.05, 3.63) is 62.1 Å². The normalized spacial score (nSPS) is 11.3. The van der Waals surface area contributed by atoms with E-state index in [1.807, 2.05) is 30.5 Å². The zero-order valence-corrected chi connectivity index (χ0v) is 15.0. The molecule has 0 spiro atoms. The maximum Gasteiger partial charge on any atom is 0.335 e. The van der Waals surface area contributed by atoms with E-state index in [9.17, 15) is 9.59 Å². The molecule has 0 atom stereocenters. The monoisotopic (exact) mass is 370 g/mol. The van der Waals surface area contributed by atoms with Gasteiger partial charge in [-0.05, 0) is 48.2 Å². The summed E-state index contributed by atoms with van der Waals surface area (Å²) < 4.78 is 11.5. The molecule has 26 heavy (non-hydrogen) atoms. The molecule has 0 aliphatic rings. The Kier molecular flexibility index (Phi) is 5.53. The van der Waals surface area contributed by atoms with E-state index in [1.54, 1.807) is 17.4 Å². The maximum atomic E-state index is 12.9. The van der Waals surface area contributed by atoms with Crippen molar-refractivity contribution >= 4 is 40.4 Å². The molecule has 1 aromatic carbocycles. The van der Waals surface area contributed by atoms with Gasteiger partial charge in [0.05, 0.1) is 17.6 Å². The van der Waals surface area contributed by atoms with Crippen LogP contribution in [0.25, 0.3) is 23.1 Å². The summed E-state index contributed by atoms with van der Waals surface area (Å²) in [5, 5.41) is 11.3. The second kappa shape index (κ2) is 8.01. The van der Waals surface area contributed by atoms with E-state index in [-0.39, 0.29) is 22.1 Å². The molecule has 6 heteroatoms. The Morgan fingerprint density at radius 3 is 2.85 bits per heavy atom. The van der Waals surface area contributed by atoms with Crippen LogP contribution in [0.1, 0.15) is 40.8 Å². The highest BCUT2D eigenvalue weighted by atomic mass is 32.1. The maximum absolute atomic E-state index is 12.9. The van der Waals surface area contributed by atoms with Gasteiger partial charge >= 0.3 is 5.97 Å². The Hall–Kier alpha value is -2.86. The summed E-state index contributed by atoms with van der Waals surface area (Å²) in [6.07, 6.45) is 5.30. The second-order valence-electron chi connectivity index (χ2n) is 5.69. The number of fused-ring (bicyclic) bond motifs is 1. The first-order chi connectivity index (χ1) is 12.6. The van der Waals surface area contributed by atoms with Crippen molar-refractivity contribution in [1.29, 1.82) is 0 Å². The Balaban J connectivity index is 2.11. The summed E-state index contributed by atoms with van der Waals surface area (Å²) in [6, 6.07) is 8.13. The summed E-state index contributed by atoms with van der Waals surface area (Å²) in [5.41, 5.74) is -0.00357. The van der Waals surface area contributed by atoms with Gasteiger partial charge in [-0.15, -0.1) is 11.3 Å². The highest BCUT2D eigenvalue weighted by Crippen LogP contribution is 2.25. The summed E-state index contributed by atoms with van der Waals surface area (Å²) in [6.45, 7) is 2.42. The minimum Gasteiger partial charge on any atom is -0.486 e. The zero-order chi connectivity index (χ0) is 18.5. The third-order valence-corrected chi connectivity index (χ3v) is 4.65. The summed E-state index contributed by atoms with van der Waals surface area (Å²) in [7, 11) is 0. The molecule has 5 nitrogen and oxygen atoms in total. The van der Waals surface area contributed by atoms with E-state index in [0.717, 1.165) is 17.7 Å². The van der Waals surface area contributed by atoms with Gasteiger partial charge in [-0.25, -0.2) is 4.79 Å². The lowest BCUT2D eigenvalue weighted by molar-refractivity contribution is 0.0697. The van der Waals surface area contributed by atoms with Crippen LogP contribution >= 0.6 is 11.3 Å². The number of thiophene rings is 1. The van der Waals surface area contributed by atoms with Crippen molar-refractivity contribution in [3.8, 4) is 5.75 Å². The van der Waals surface area contributed by atoms with Gasteiger partial charge in [0.15, 0.2) is 5.76 Å². The molecule has 0 radical (unpaired) electrons. The van der Waals surface area contributed by atoms with Gasteiger partial charge in [-0.2, -0.15) is 0 Å². The predicted octanol–water partition coefficient (Wildman–Crippen LogP) is 4.90. The molecule has 2 aromatic heterocycles. The number of hydrogen-bond donors (Lipinski definition) is 1. The minimum atomic E-state index is -1.10. The second-order valence-corrected chi connectivity index (χ2v) is 6.67. The first-order valence-electron chi connectivity index (χ1n) is 8.28. The van der Waals surface area contributed by atoms with Crippen LogP contribution in [0.4, 0.5) is 0 Å². The number of carboxylic acids is 1. The van der Waals surface area contributed by atoms with Crippen LogP contribution < -0.4 is 10.2 Å². The van der Waals surface area contributed by atoms with Crippen LogP contribution in [0, 0.1) is 0 Å². The lowest BCUT2D eigenvalue weighted by atomic mass is 10.1. The number of carboxylic acid groups (broad SMARTS) is 1. The molecule has 3 rings (SSSR count). The average Bonchev–Trinajstić information content (AvgIpc) is 3.15. The zero-order valence-electron chi connectivity index (χ0n) is 14.2. The third-order valence-electron chi connectivity index (χ3n) is 3.81. The van der Waals surface area contributed by atoms with Crippen molar-refractivity contribution in [2.45, 2.75) is 19.8 Å². The Morgan fingerprint density at radius 1 is 1.31 bits per heavy atom. The largest absolute Gasteiger partial charge is 0.486 e. The van der Waals surface area contributed by atoms with Gasteiger partial charge in [0.2, 0.25) is 11.2 Å². The molecular weight excluding hydrogens is 352 g/mol. The van der Waals surface area contributed by atoms with Gasteiger partial charge in [0, 0.05) is 4.88 Å². The van der Waals surface area contributed by atoms with Gasteiger partial charge in [0.1, 0.15) is 5.58 Å². The minimum absolute atomic E-state index is 0.0335. The van der Waals surface area contributed by atoms with Crippen LogP contribution in [0.3, 0.4) is 0 Å². The topological polar surface area (TPSA) is 76.7 Å². The van der Waals surface area contributed by atoms with Crippen molar-refractivity contribution in [1.82, 2.24) is 0 Å². The van der Waals surface area contributed by atoms with E-state index in [0.29, 0.717) is 18.0 Å². The Labute approximate surface area is 154 Å². The number of unbranched alkanes of at least 4 members (excludes halogenated alkanes) is 1. The predicted molar refractivity (Wildman–Crippen MR) is 103 cm³/mol. The van der Waals surface area contributed by atoms with Gasteiger partial charge in [-0.1, -0.05) is 19.4 Å². The van der Waals surface area contributed by atoms with E-state index >= 15 is 0 Å². The molecule has 3 aromatic rings. The molecule has 0 saturated heterocycles. The fraction of sp³-hybridized carbons (Fsp3) is 0.200. The lowest BCUT2D eigenvalue weighted by Crippen LogP contribution is -2.12. The summed E-state index contributed by atoms with van der Waals surface area (Å²) >= 11 is 1.57. The van der Waals surface area contributed by atoms with Crippen molar-refractivity contribution in [2.75, 3.05) is 6.61 Å². The Bertz CT molecular complexity index is 999. The summed E-state index contributed by atoms with van der Waals surface area (Å²) in [5.74, 6) is -0.655. The van der Waals surface area contributed by atoms with Crippen molar-refractivity contribution < 1.29 is 19.1 Å². The molecule has 0 aliphatic carbocycles. The number of rotatable bonds is 7. The highest BCUT2D eigenvalue weighted by Gasteiger charge is 2.16. The lowest BCUT2D eigenvalue weighted by Gasteiger charge is -2.09. The van der Waals surface area contributed by atoms with E-state index in [2.05, 4.69) is 0 Å². The SMILES string of the molecule is CCCCOc1c(/C=C/c2cccs2)oc2ccc(C(=O)O)cc2c1=O. The molecule has 0 amide bonds. The first kappa shape index (κ1) is 17.9. The van der Waals surface area contributed by atoms with E-state index < -0.39 is 5.97 Å². The summed E-state index contributed by atoms with van der Waals surface area (Å²) in [4.78, 5) is 25.1. The van der Waals surface area contributed by atoms with Crippen molar-refractivity contribution in [2.24, 2.45) is 0 Å². The number of ether oxygens (including phenoxy) is 1. The number of carbonyl (C=O) groups is 1. The van der Waals surface area contributed by atoms with Gasteiger partial charge in [0.25, 0.3) is 0 Å². The number of aromatic carboxylic acids is 1. The fourth-order valence-corrected chi connectivity index (χ4v) is 3.06. The number of hydrogen-bond acceptors (Lipinski definition) is 5. The molecule has 2 heterocycles. The quantitative estimate of drug-likeness (QED) is 0.599. The third kappa shape index (κ3) is 3.86. The first-order valence-corrected chi connectivity index (χ1v) is 9.16. The van der Waals surface area contributed by atoms with Gasteiger partial charge in [-0.3, -0.25) is 4.79 Å². The standard InChI is InChI=1S/C20H18O5S/c1-2-3-10-24-19-17(9-7-14-5-4-11-26-14)25-16-8-6-13(20(22)23)12-15(16)18(19)21/h4-9,11-12H,2-3,10H2,1H3,(H,22,23)/b9-7+. The molecule has 0 bridgehead atoms. The molecule has 134 valence electrons. The van der Waals surface area contributed by atoms with E-state index in [4.69, 9.17) is 14.3 Å². The molecule has 0 fully saturated rings. The molecule has 1 N–H and O–H groups in total. The number of benzene rings is 1. The van der Waals surface area contributed by atoms with Crippen LogP contribution in [-0.2, 0) is 0 Å². The Morgan fingerprint density at radius 2 is 2.15 bits per heavy atom. The van der Waals surface area contributed by atoms with Crippen LogP contribution in [-0.4, -0.2) is 17.7 Å². The van der Waals surface area contributed by atoms with Crippen LogP contribution in [0.2, 0.25) is 0 Å². The average molecular weight is 370 g/mol. The molecule has 0 saturated carbocycles. The highest BCUT2D eigenvalue weighted by molar-refractivity contribution is 7.10. The van der Waals surface area contributed by atoms with Crippen LogP contribution in [0.5, 0.6) is 5.75 Å². The van der Waals surface area contributed by atoms with Crippen molar-refractivity contribution in [3.63, 3.8) is 0 Å². The smallest absolute Gasteiger partial charge is 0.335 e. The van der Waals surface area contributed by atoms with Gasteiger partial charge < -0.3 is 14.3 Å². The molecular formula is C20H18O5S.